The number of rotatable bonds is 3. The van der Waals surface area contributed by atoms with E-state index in [9.17, 15) is 9.46 Å². The van der Waals surface area contributed by atoms with Crippen molar-refractivity contribution in [1.29, 1.82) is 0 Å². The van der Waals surface area contributed by atoms with E-state index in [1.54, 1.807) is 0 Å². The Morgan fingerprint density at radius 3 is 2.50 bits per heavy atom. The van der Waals surface area contributed by atoms with Crippen molar-refractivity contribution in [3.63, 3.8) is 0 Å². The Bertz CT molecular complexity index is 99.5. The molecule has 0 saturated carbocycles. The summed E-state index contributed by atoms with van der Waals surface area (Å²) < 4.78 is 10.3. The normalized spacial score (nSPS) is 17.9. The lowest BCUT2D eigenvalue weighted by Gasteiger charge is -2.17. The molecule has 0 bridgehead atoms. The Kier molecular flexibility index (Phi) is 3.24. The molecule has 50 valence electrons. The molecule has 0 aromatic carbocycles. The van der Waals surface area contributed by atoms with Gasteiger partial charge < -0.3 is 15.2 Å². The van der Waals surface area contributed by atoms with Gasteiger partial charge in [-0.25, -0.2) is 0 Å². The van der Waals surface area contributed by atoms with Crippen molar-refractivity contribution in [3.05, 3.63) is 0 Å². The summed E-state index contributed by atoms with van der Waals surface area (Å²) >= 11 is 0. The Morgan fingerprint density at radius 1 is 1.88 bits per heavy atom. The zero-order valence-electron chi connectivity index (χ0n) is 4.76. The maximum absolute atomic E-state index is 10.3. The first-order valence-corrected chi connectivity index (χ1v) is 4.37. The molecule has 0 aromatic rings. The van der Waals surface area contributed by atoms with Crippen molar-refractivity contribution in [2.45, 2.75) is 0 Å². The zero-order chi connectivity index (χ0) is 6.62. The first-order valence-electron chi connectivity index (χ1n) is 2.30. The average molecular weight is 137 g/mol. The smallest absolute Gasteiger partial charge is 0.0738 e. The SMILES string of the molecule is CP(=O)([O-])NCCN. The van der Waals surface area contributed by atoms with Crippen LogP contribution in [-0.4, -0.2) is 19.8 Å². The van der Waals surface area contributed by atoms with E-state index in [0.29, 0.717) is 13.1 Å². The second-order valence-corrected chi connectivity index (χ2v) is 3.55. The van der Waals surface area contributed by atoms with Gasteiger partial charge in [0.25, 0.3) is 0 Å². The van der Waals surface area contributed by atoms with Crippen LogP contribution in [0.3, 0.4) is 0 Å². The molecule has 0 aliphatic rings. The third-order valence-electron chi connectivity index (χ3n) is 0.543. The Morgan fingerprint density at radius 2 is 2.38 bits per heavy atom. The van der Waals surface area contributed by atoms with Crippen LogP contribution in [0.1, 0.15) is 0 Å². The predicted molar refractivity (Wildman–Crippen MR) is 30.6 cm³/mol. The summed E-state index contributed by atoms with van der Waals surface area (Å²) in [5.74, 6) is 0. The summed E-state index contributed by atoms with van der Waals surface area (Å²) in [5, 5.41) is 2.25. The molecule has 3 N–H and O–H groups in total. The summed E-state index contributed by atoms with van der Waals surface area (Å²) in [6, 6.07) is 0. The van der Waals surface area contributed by atoms with Gasteiger partial charge in [0.1, 0.15) is 0 Å². The van der Waals surface area contributed by atoms with Crippen LogP contribution in [0.2, 0.25) is 0 Å². The predicted octanol–water partition coefficient (Wildman–Crippen LogP) is -1.28. The Balaban J connectivity index is 3.26. The number of nitrogens with two attached hydrogens (primary N) is 1. The van der Waals surface area contributed by atoms with E-state index in [-0.39, 0.29) is 0 Å². The van der Waals surface area contributed by atoms with Crippen molar-refractivity contribution < 1.29 is 9.46 Å². The second-order valence-electron chi connectivity index (χ2n) is 1.54. The fraction of sp³-hybridized carbons (Fsp3) is 1.00. The van der Waals surface area contributed by atoms with E-state index in [0.717, 1.165) is 6.66 Å². The van der Waals surface area contributed by atoms with Crippen LogP contribution in [0.25, 0.3) is 0 Å². The molecular weight excluding hydrogens is 127 g/mol. The van der Waals surface area contributed by atoms with Crippen LogP contribution in [0.5, 0.6) is 0 Å². The minimum absolute atomic E-state index is 0.331. The molecule has 8 heavy (non-hydrogen) atoms. The van der Waals surface area contributed by atoms with Gasteiger partial charge in [-0.2, -0.15) is 0 Å². The highest BCUT2D eigenvalue weighted by molar-refractivity contribution is 7.53. The molecule has 1 unspecified atom stereocenters. The highest BCUT2D eigenvalue weighted by Gasteiger charge is 1.92. The van der Waals surface area contributed by atoms with Crippen molar-refractivity contribution in [3.8, 4) is 0 Å². The van der Waals surface area contributed by atoms with Crippen LogP contribution < -0.4 is 15.7 Å². The zero-order valence-corrected chi connectivity index (χ0v) is 5.65. The Labute approximate surface area is 48.6 Å². The fourth-order valence-corrected chi connectivity index (χ4v) is 0.803. The van der Waals surface area contributed by atoms with Crippen LogP contribution in [-0.2, 0) is 4.57 Å². The van der Waals surface area contributed by atoms with Gasteiger partial charge in [0.2, 0.25) is 0 Å². The molecule has 0 radical (unpaired) electrons. The lowest BCUT2D eigenvalue weighted by Crippen LogP contribution is -2.24. The maximum atomic E-state index is 10.3. The molecular formula is C3H10N2O2P-. The summed E-state index contributed by atoms with van der Waals surface area (Å²) in [4.78, 5) is 10.3. The van der Waals surface area contributed by atoms with Crippen LogP contribution in [0, 0.1) is 0 Å². The van der Waals surface area contributed by atoms with E-state index in [2.05, 4.69) is 5.09 Å². The van der Waals surface area contributed by atoms with Crippen molar-refractivity contribution in [1.82, 2.24) is 5.09 Å². The van der Waals surface area contributed by atoms with Crippen LogP contribution >= 0.6 is 7.52 Å². The van der Waals surface area contributed by atoms with E-state index in [1.165, 1.54) is 0 Å². The highest BCUT2D eigenvalue weighted by Crippen LogP contribution is 2.21. The van der Waals surface area contributed by atoms with Gasteiger partial charge in [0.15, 0.2) is 0 Å². The number of hydrogen-bond acceptors (Lipinski definition) is 3. The minimum atomic E-state index is -3.26. The molecule has 0 saturated heterocycles. The van der Waals surface area contributed by atoms with E-state index in [1.807, 2.05) is 0 Å². The van der Waals surface area contributed by atoms with Crippen molar-refractivity contribution in [2.75, 3.05) is 19.8 Å². The lowest BCUT2D eigenvalue weighted by atomic mass is 10.7. The standard InChI is InChI=1S/C3H11N2O2P/c1-8(6,7)5-3-2-4/h2-4H2,1H3,(H2,5,6,7)/p-1. The summed E-state index contributed by atoms with van der Waals surface area (Å²) in [6.45, 7) is 1.81. The van der Waals surface area contributed by atoms with Gasteiger partial charge >= 0.3 is 0 Å². The third-order valence-corrected chi connectivity index (χ3v) is 1.34. The van der Waals surface area contributed by atoms with E-state index in [4.69, 9.17) is 5.73 Å². The number of nitrogens with one attached hydrogen (secondary N) is 1. The molecule has 0 fully saturated rings. The van der Waals surface area contributed by atoms with Crippen molar-refractivity contribution >= 4 is 7.52 Å². The molecule has 5 heteroatoms. The van der Waals surface area contributed by atoms with Crippen LogP contribution in [0.15, 0.2) is 0 Å². The second kappa shape index (κ2) is 3.20. The van der Waals surface area contributed by atoms with Gasteiger partial charge in [-0.3, -0.25) is 5.09 Å². The quantitative estimate of drug-likeness (QED) is 0.475. The lowest BCUT2D eigenvalue weighted by molar-refractivity contribution is -0.176. The molecule has 0 spiro atoms. The van der Waals surface area contributed by atoms with Gasteiger partial charge in [-0.05, 0) is 6.66 Å². The molecule has 4 nitrogen and oxygen atoms in total. The number of hydrogen-bond donors (Lipinski definition) is 2. The molecule has 0 rings (SSSR count). The summed E-state index contributed by atoms with van der Waals surface area (Å²) in [5.41, 5.74) is 5.01. The van der Waals surface area contributed by atoms with E-state index < -0.39 is 7.52 Å². The minimum Gasteiger partial charge on any atom is -0.788 e. The first-order chi connectivity index (χ1) is 3.56. The molecule has 0 amide bonds. The van der Waals surface area contributed by atoms with E-state index >= 15 is 0 Å². The molecule has 0 heterocycles. The summed E-state index contributed by atoms with van der Waals surface area (Å²) in [6.07, 6.45) is 0. The monoisotopic (exact) mass is 137 g/mol. The van der Waals surface area contributed by atoms with Gasteiger partial charge in [-0.15, -0.1) is 0 Å². The Hall–Kier alpha value is 0.110. The topological polar surface area (TPSA) is 78.2 Å². The van der Waals surface area contributed by atoms with Gasteiger partial charge in [0, 0.05) is 13.1 Å². The molecule has 1 atom stereocenters. The molecule has 0 aliphatic heterocycles. The third kappa shape index (κ3) is 6.11. The molecule has 0 aliphatic carbocycles. The largest absolute Gasteiger partial charge is 0.788 e. The van der Waals surface area contributed by atoms with Crippen molar-refractivity contribution in [2.24, 2.45) is 5.73 Å². The first kappa shape index (κ1) is 8.11. The average Bonchev–Trinajstić information content (AvgIpc) is 1.59. The fourth-order valence-electron chi connectivity index (χ4n) is 0.268. The highest BCUT2D eigenvalue weighted by atomic mass is 31.2. The van der Waals surface area contributed by atoms with Gasteiger partial charge in [0.05, 0.1) is 7.52 Å². The summed E-state index contributed by atoms with van der Waals surface area (Å²) in [7, 11) is -3.26. The molecule has 0 aromatic heterocycles. The maximum Gasteiger partial charge on any atom is 0.0738 e. The van der Waals surface area contributed by atoms with Crippen LogP contribution in [0.4, 0.5) is 0 Å². The van der Waals surface area contributed by atoms with Gasteiger partial charge in [-0.1, -0.05) is 0 Å².